The lowest BCUT2D eigenvalue weighted by Crippen LogP contribution is -2.50. The molecule has 1 N–H and O–H groups in total. The summed E-state index contributed by atoms with van der Waals surface area (Å²) in [6.45, 7) is 4.10. The third-order valence-corrected chi connectivity index (χ3v) is 4.77. The first-order valence-electron chi connectivity index (χ1n) is 8.67. The first-order valence-corrected chi connectivity index (χ1v) is 9.05. The van der Waals surface area contributed by atoms with Crippen molar-refractivity contribution in [2.75, 3.05) is 38.0 Å². The van der Waals surface area contributed by atoms with E-state index in [1.54, 1.807) is 24.3 Å². The van der Waals surface area contributed by atoms with Crippen molar-refractivity contribution in [1.29, 1.82) is 5.26 Å². The zero-order chi connectivity index (χ0) is 18.4. The molecule has 1 fully saturated rings. The van der Waals surface area contributed by atoms with Crippen molar-refractivity contribution in [3.8, 4) is 6.07 Å². The Labute approximate surface area is 158 Å². The zero-order valence-corrected chi connectivity index (χ0v) is 15.2. The molecule has 3 rings (SSSR count). The lowest BCUT2D eigenvalue weighted by molar-refractivity contribution is 0.148. The quantitative estimate of drug-likeness (QED) is 0.896. The van der Waals surface area contributed by atoms with Crippen molar-refractivity contribution >= 4 is 23.3 Å². The molecule has 0 aliphatic carbocycles. The number of hydrogen-bond acceptors (Lipinski definition) is 3. The number of hydrogen-bond donors (Lipinski definition) is 1. The molecule has 0 atom stereocenters. The van der Waals surface area contributed by atoms with E-state index in [1.165, 1.54) is 5.56 Å². The van der Waals surface area contributed by atoms with E-state index < -0.39 is 0 Å². The van der Waals surface area contributed by atoms with E-state index in [0.29, 0.717) is 24.3 Å². The first-order chi connectivity index (χ1) is 12.6. The summed E-state index contributed by atoms with van der Waals surface area (Å²) >= 11 is 6.02. The Morgan fingerprint density at radius 2 is 1.85 bits per heavy atom. The van der Waals surface area contributed by atoms with Crippen LogP contribution < -0.4 is 5.32 Å². The molecular formula is C20H21ClN4O. The third kappa shape index (κ3) is 4.98. The minimum atomic E-state index is -0.0933. The number of amides is 2. The predicted octanol–water partition coefficient (Wildman–Crippen LogP) is 3.60. The second kappa shape index (κ2) is 8.70. The van der Waals surface area contributed by atoms with Crippen molar-refractivity contribution in [3.05, 3.63) is 64.7 Å². The van der Waals surface area contributed by atoms with Crippen LogP contribution in [0.25, 0.3) is 0 Å². The van der Waals surface area contributed by atoms with E-state index in [1.807, 2.05) is 23.1 Å². The lowest BCUT2D eigenvalue weighted by atomic mass is 10.1. The predicted molar refractivity (Wildman–Crippen MR) is 103 cm³/mol. The minimum absolute atomic E-state index is 0.0933. The number of nitriles is 1. The summed E-state index contributed by atoms with van der Waals surface area (Å²) < 4.78 is 0. The summed E-state index contributed by atoms with van der Waals surface area (Å²) in [5.41, 5.74) is 2.52. The van der Waals surface area contributed by atoms with Gasteiger partial charge in [-0.05, 0) is 48.4 Å². The molecule has 2 amide bonds. The van der Waals surface area contributed by atoms with Crippen LogP contribution in [0.15, 0.2) is 48.5 Å². The molecule has 0 saturated carbocycles. The van der Waals surface area contributed by atoms with Crippen LogP contribution in [0.1, 0.15) is 11.1 Å². The van der Waals surface area contributed by atoms with Crippen molar-refractivity contribution in [1.82, 2.24) is 9.80 Å². The van der Waals surface area contributed by atoms with Crippen molar-refractivity contribution in [3.63, 3.8) is 0 Å². The molecule has 1 heterocycles. The summed E-state index contributed by atoms with van der Waals surface area (Å²) in [6.07, 6.45) is 0.956. The van der Waals surface area contributed by atoms with Gasteiger partial charge in [-0.3, -0.25) is 4.90 Å². The Morgan fingerprint density at radius 3 is 2.50 bits per heavy atom. The van der Waals surface area contributed by atoms with Gasteiger partial charge in [-0.2, -0.15) is 5.26 Å². The molecule has 1 aliphatic rings. The Hall–Kier alpha value is -2.55. The fraction of sp³-hybridized carbons (Fsp3) is 0.300. The van der Waals surface area contributed by atoms with E-state index in [0.717, 1.165) is 31.1 Å². The molecule has 0 bridgehead atoms. The van der Waals surface area contributed by atoms with E-state index in [2.05, 4.69) is 22.4 Å². The van der Waals surface area contributed by atoms with Crippen LogP contribution in [0.4, 0.5) is 10.5 Å². The third-order valence-electron chi connectivity index (χ3n) is 4.53. The maximum atomic E-state index is 12.4. The van der Waals surface area contributed by atoms with Gasteiger partial charge in [0.15, 0.2) is 0 Å². The van der Waals surface area contributed by atoms with Gasteiger partial charge in [-0.15, -0.1) is 0 Å². The highest BCUT2D eigenvalue weighted by Gasteiger charge is 2.20. The van der Waals surface area contributed by atoms with E-state index in [-0.39, 0.29) is 6.03 Å². The smallest absolute Gasteiger partial charge is 0.321 e. The molecule has 26 heavy (non-hydrogen) atoms. The van der Waals surface area contributed by atoms with Gasteiger partial charge in [0.05, 0.1) is 11.6 Å². The molecule has 2 aromatic carbocycles. The minimum Gasteiger partial charge on any atom is -0.322 e. The van der Waals surface area contributed by atoms with Gasteiger partial charge in [0.1, 0.15) is 0 Å². The van der Waals surface area contributed by atoms with Gasteiger partial charge >= 0.3 is 6.03 Å². The number of carbonyl (C=O) groups excluding carboxylic acids is 1. The van der Waals surface area contributed by atoms with Crippen LogP contribution in [0.2, 0.25) is 5.02 Å². The number of urea groups is 1. The zero-order valence-electron chi connectivity index (χ0n) is 14.5. The van der Waals surface area contributed by atoms with Crippen LogP contribution in [0.3, 0.4) is 0 Å². The molecule has 2 aromatic rings. The van der Waals surface area contributed by atoms with Gasteiger partial charge in [0.25, 0.3) is 0 Å². The van der Waals surface area contributed by atoms with Crippen LogP contribution in [0.5, 0.6) is 0 Å². The van der Waals surface area contributed by atoms with Crippen LogP contribution in [-0.2, 0) is 6.42 Å². The number of piperazine rings is 1. The number of benzene rings is 2. The number of rotatable bonds is 4. The number of halogens is 1. The lowest BCUT2D eigenvalue weighted by Gasteiger charge is -2.34. The first kappa shape index (κ1) is 18.2. The van der Waals surface area contributed by atoms with Crippen LogP contribution in [-0.4, -0.2) is 48.6 Å². The standard InChI is InChI=1S/C20H21ClN4O/c21-18-3-1-2-16(14-18)8-9-24-10-12-25(13-11-24)20(26)23-19-6-4-17(15-22)5-7-19/h1-7,14H,8-13H2,(H,23,26). The highest BCUT2D eigenvalue weighted by molar-refractivity contribution is 6.30. The second-order valence-electron chi connectivity index (χ2n) is 6.33. The number of carbonyl (C=O) groups is 1. The highest BCUT2D eigenvalue weighted by Crippen LogP contribution is 2.13. The Morgan fingerprint density at radius 1 is 1.12 bits per heavy atom. The summed E-state index contributed by atoms with van der Waals surface area (Å²) in [4.78, 5) is 16.6. The summed E-state index contributed by atoms with van der Waals surface area (Å²) in [5, 5.41) is 12.5. The molecule has 6 heteroatoms. The highest BCUT2D eigenvalue weighted by atomic mass is 35.5. The van der Waals surface area contributed by atoms with Gasteiger partial charge < -0.3 is 10.2 Å². The normalized spacial score (nSPS) is 14.7. The van der Waals surface area contributed by atoms with Gasteiger partial charge in [-0.25, -0.2) is 4.79 Å². The number of anilines is 1. The van der Waals surface area contributed by atoms with Crippen molar-refractivity contribution in [2.45, 2.75) is 6.42 Å². The SMILES string of the molecule is N#Cc1ccc(NC(=O)N2CCN(CCc3cccc(Cl)c3)CC2)cc1. The van der Waals surface area contributed by atoms with Crippen molar-refractivity contribution < 1.29 is 4.79 Å². The molecule has 0 unspecified atom stereocenters. The van der Waals surface area contributed by atoms with Gasteiger partial charge in [-0.1, -0.05) is 23.7 Å². The molecule has 134 valence electrons. The molecule has 1 saturated heterocycles. The fourth-order valence-electron chi connectivity index (χ4n) is 2.98. The van der Waals surface area contributed by atoms with Crippen LogP contribution in [0, 0.1) is 11.3 Å². The Kier molecular flexibility index (Phi) is 6.11. The summed E-state index contributed by atoms with van der Waals surface area (Å²) in [5.74, 6) is 0. The maximum Gasteiger partial charge on any atom is 0.321 e. The molecule has 0 aromatic heterocycles. The molecule has 0 spiro atoms. The fourth-order valence-corrected chi connectivity index (χ4v) is 3.20. The second-order valence-corrected chi connectivity index (χ2v) is 6.76. The van der Waals surface area contributed by atoms with Gasteiger partial charge in [0, 0.05) is 43.4 Å². The molecule has 5 nitrogen and oxygen atoms in total. The van der Waals surface area contributed by atoms with E-state index >= 15 is 0 Å². The monoisotopic (exact) mass is 368 g/mol. The van der Waals surface area contributed by atoms with Crippen LogP contribution >= 0.6 is 11.6 Å². The van der Waals surface area contributed by atoms with E-state index in [9.17, 15) is 4.79 Å². The van der Waals surface area contributed by atoms with Crippen molar-refractivity contribution in [2.24, 2.45) is 0 Å². The topological polar surface area (TPSA) is 59.4 Å². The summed E-state index contributed by atoms with van der Waals surface area (Å²) in [7, 11) is 0. The van der Waals surface area contributed by atoms with E-state index in [4.69, 9.17) is 16.9 Å². The molecule has 1 aliphatic heterocycles. The molecular weight excluding hydrogens is 348 g/mol. The molecule has 0 radical (unpaired) electrons. The maximum absolute atomic E-state index is 12.4. The number of nitrogens with one attached hydrogen (secondary N) is 1. The average molecular weight is 369 g/mol. The largest absolute Gasteiger partial charge is 0.322 e. The Bertz CT molecular complexity index is 792. The Balaban J connectivity index is 1.44. The van der Waals surface area contributed by atoms with Gasteiger partial charge in [0.2, 0.25) is 0 Å². The average Bonchev–Trinajstić information content (AvgIpc) is 2.67. The summed E-state index contributed by atoms with van der Waals surface area (Å²) in [6, 6.07) is 16.8. The number of nitrogens with zero attached hydrogens (tertiary/aromatic N) is 3.